The molecule has 90 valence electrons. The highest BCUT2D eigenvalue weighted by Gasteiger charge is 2.13. The second kappa shape index (κ2) is 6.26. The summed E-state index contributed by atoms with van der Waals surface area (Å²) in [4.78, 5) is 0.666. The lowest BCUT2D eigenvalue weighted by molar-refractivity contribution is 0.545. The largest absolute Gasteiger partial charge is 0.398 e. The summed E-state index contributed by atoms with van der Waals surface area (Å²) in [7, 11) is -1.04. The van der Waals surface area contributed by atoms with Gasteiger partial charge in [-0.25, -0.2) is 0 Å². The number of hydrogen-bond donors (Lipinski definition) is 1. The maximum atomic E-state index is 12.1. The van der Waals surface area contributed by atoms with E-state index in [1.54, 1.807) is 18.2 Å². The Balaban J connectivity index is 2.83. The molecule has 1 unspecified atom stereocenters. The zero-order valence-corrected chi connectivity index (χ0v) is 11.3. The van der Waals surface area contributed by atoms with E-state index >= 15 is 0 Å². The minimum atomic E-state index is -1.04. The molecule has 2 nitrogen and oxygen atoms in total. The predicted octanol–water partition coefficient (Wildman–Crippen LogP) is 3.47. The first kappa shape index (κ1) is 13.5. The van der Waals surface area contributed by atoms with Crippen LogP contribution < -0.4 is 5.73 Å². The van der Waals surface area contributed by atoms with Gasteiger partial charge in [0.05, 0.1) is 15.7 Å². The van der Waals surface area contributed by atoms with E-state index in [2.05, 4.69) is 13.8 Å². The predicted molar refractivity (Wildman–Crippen MR) is 71.2 cm³/mol. The van der Waals surface area contributed by atoms with E-state index in [0.717, 1.165) is 12.8 Å². The summed E-state index contributed by atoms with van der Waals surface area (Å²) >= 11 is 5.88. The van der Waals surface area contributed by atoms with Crippen LogP contribution in [0.5, 0.6) is 0 Å². The van der Waals surface area contributed by atoms with Crippen molar-refractivity contribution < 1.29 is 4.21 Å². The lowest BCUT2D eigenvalue weighted by Crippen LogP contribution is -2.11. The SMILES string of the molecule is CCC(CC)CS(=O)c1cc(Cl)ccc1N. The molecule has 0 fully saturated rings. The summed E-state index contributed by atoms with van der Waals surface area (Å²) in [5.41, 5.74) is 6.36. The van der Waals surface area contributed by atoms with Gasteiger partial charge in [0, 0.05) is 16.5 Å². The van der Waals surface area contributed by atoms with Crippen molar-refractivity contribution in [3.05, 3.63) is 23.2 Å². The quantitative estimate of drug-likeness (QED) is 0.823. The van der Waals surface area contributed by atoms with Gasteiger partial charge >= 0.3 is 0 Å². The summed E-state index contributed by atoms with van der Waals surface area (Å²) in [6.45, 7) is 4.24. The number of halogens is 1. The van der Waals surface area contributed by atoms with E-state index in [1.807, 2.05) is 0 Å². The topological polar surface area (TPSA) is 43.1 Å². The third kappa shape index (κ3) is 3.49. The molecule has 2 N–H and O–H groups in total. The van der Waals surface area contributed by atoms with Gasteiger partial charge in [-0.3, -0.25) is 4.21 Å². The van der Waals surface area contributed by atoms with Crippen LogP contribution in [0.2, 0.25) is 5.02 Å². The maximum absolute atomic E-state index is 12.1. The molecular formula is C12H18ClNOS. The van der Waals surface area contributed by atoms with Crippen molar-refractivity contribution in [2.24, 2.45) is 5.92 Å². The first-order chi connectivity index (χ1) is 7.58. The van der Waals surface area contributed by atoms with E-state index in [4.69, 9.17) is 17.3 Å². The average Bonchev–Trinajstić information content (AvgIpc) is 2.28. The lowest BCUT2D eigenvalue weighted by Gasteiger charge is -2.12. The second-order valence-electron chi connectivity index (χ2n) is 3.88. The van der Waals surface area contributed by atoms with Gasteiger partial charge in [0.15, 0.2) is 0 Å². The molecule has 1 aromatic rings. The van der Waals surface area contributed by atoms with E-state index in [0.29, 0.717) is 27.3 Å². The zero-order chi connectivity index (χ0) is 12.1. The lowest BCUT2D eigenvalue weighted by atomic mass is 10.1. The van der Waals surface area contributed by atoms with Gasteiger partial charge in [-0.2, -0.15) is 0 Å². The smallest absolute Gasteiger partial charge is 0.0632 e. The van der Waals surface area contributed by atoms with E-state index in [-0.39, 0.29) is 0 Å². The molecule has 0 heterocycles. The number of nitrogens with two attached hydrogens (primary N) is 1. The van der Waals surface area contributed by atoms with Crippen molar-refractivity contribution in [1.82, 2.24) is 0 Å². The Morgan fingerprint density at radius 1 is 1.38 bits per heavy atom. The fraction of sp³-hybridized carbons (Fsp3) is 0.500. The summed E-state index contributed by atoms with van der Waals surface area (Å²) < 4.78 is 12.1. The standard InChI is InChI=1S/C12H18ClNOS/c1-3-9(4-2)8-16(15)12-7-10(13)5-6-11(12)14/h5-7,9H,3-4,8,14H2,1-2H3. The van der Waals surface area contributed by atoms with Crippen molar-refractivity contribution in [2.45, 2.75) is 31.6 Å². The Morgan fingerprint density at radius 3 is 2.56 bits per heavy atom. The van der Waals surface area contributed by atoms with Crippen LogP contribution in [-0.4, -0.2) is 9.96 Å². The molecule has 0 aliphatic heterocycles. The van der Waals surface area contributed by atoms with Crippen LogP contribution in [0.3, 0.4) is 0 Å². The summed E-state index contributed by atoms with van der Waals surface area (Å²) in [5, 5.41) is 0.585. The number of rotatable bonds is 5. The maximum Gasteiger partial charge on any atom is 0.0632 e. The van der Waals surface area contributed by atoms with E-state index < -0.39 is 10.8 Å². The highest BCUT2D eigenvalue weighted by atomic mass is 35.5. The van der Waals surface area contributed by atoms with Crippen LogP contribution in [0, 0.1) is 5.92 Å². The molecule has 0 aliphatic carbocycles. The molecule has 0 saturated heterocycles. The van der Waals surface area contributed by atoms with Crippen molar-refractivity contribution in [2.75, 3.05) is 11.5 Å². The Kier molecular flexibility index (Phi) is 5.29. The molecule has 0 spiro atoms. The van der Waals surface area contributed by atoms with Crippen molar-refractivity contribution in [1.29, 1.82) is 0 Å². The van der Waals surface area contributed by atoms with Crippen LogP contribution in [-0.2, 0) is 10.8 Å². The van der Waals surface area contributed by atoms with Gasteiger partial charge in [0.25, 0.3) is 0 Å². The number of anilines is 1. The fourth-order valence-corrected chi connectivity index (χ4v) is 3.44. The van der Waals surface area contributed by atoms with Crippen LogP contribution in [0.25, 0.3) is 0 Å². The van der Waals surface area contributed by atoms with Gasteiger partial charge in [-0.1, -0.05) is 38.3 Å². The molecule has 0 aliphatic rings. The van der Waals surface area contributed by atoms with Gasteiger partial charge < -0.3 is 5.73 Å². The number of hydrogen-bond acceptors (Lipinski definition) is 2. The average molecular weight is 260 g/mol. The Labute approximate surface area is 105 Å². The monoisotopic (exact) mass is 259 g/mol. The second-order valence-corrected chi connectivity index (χ2v) is 5.78. The highest BCUT2D eigenvalue weighted by Crippen LogP contribution is 2.23. The molecule has 0 radical (unpaired) electrons. The van der Waals surface area contributed by atoms with Crippen LogP contribution in [0.4, 0.5) is 5.69 Å². The molecule has 16 heavy (non-hydrogen) atoms. The molecule has 4 heteroatoms. The normalized spacial score (nSPS) is 13.0. The summed E-state index contributed by atoms with van der Waals surface area (Å²) in [5.74, 6) is 1.15. The zero-order valence-electron chi connectivity index (χ0n) is 9.70. The van der Waals surface area contributed by atoms with Gasteiger partial charge in [0.2, 0.25) is 0 Å². The van der Waals surface area contributed by atoms with Crippen LogP contribution >= 0.6 is 11.6 Å². The van der Waals surface area contributed by atoms with Crippen molar-refractivity contribution in [3.8, 4) is 0 Å². The van der Waals surface area contributed by atoms with E-state index in [9.17, 15) is 4.21 Å². The molecule has 0 bridgehead atoms. The Hall–Kier alpha value is -0.540. The van der Waals surface area contributed by atoms with Crippen LogP contribution in [0.1, 0.15) is 26.7 Å². The third-order valence-corrected chi connectivity index (χ3v) is 4.62. The third-order valence-electron chi connectivity index (χ3n) is 2.76. The highest BCUT2D eigenvalue weighted by molar-refractivity contribution is 7.85. The first-order valence-corrected chi connectivity index (χ1v) is 7.21. The van der Waals surface area contributed by atoms with Crippen molar-refractivity contribution >= 4 is 28.1 Å². The van der Waals surface area contributed by atoms with Gasteiger partial charge in [0.1, 0.15) is 0 Å². The minimum Gasteiger partial charge on any atom is -0.398 e. The molecule has 0 aromatic heterocycles. The van der Waals surface area contributed by atoms with E-state index in [1.165, 1.54) is 0 Å². The number of nitrogen functional groups attached to an aromatic ring is 1. The fourth-order valence-electron chi connectivity index (χ4n) is 1.53. The van der Waals surface area contributed by atoms with Gasteiger partial charge in [-0.15, -0.1) is 0 Å². The summed E-state index contributed by atoms with van der Waals surface area (Å²) in [6, 6.07) is 5.13. The number of benzene rings is 1. The molecule has 0 saturated carbocycles. The Morgan fingerprint density at radius 2 is 2.00 bits per heavy atom. The van der Waals surface area contributed by atoms with Crippen LogP contribution in [0.15, 0.2) is 23.1 Å². The first-order valence-electron chi connectivity index (χ1n) is 5.51. The van der Waals surface area contributed by atoms with Gasteiger partial charge in [-0.05, 0) is 24.1 Å². The summed E-state index contributed by atoms with van der Waals surface area (Å²) in [6.07, 6.45) is 2.09. The molecule has 1 rings (SSSR count). The minimum absolute atomic E-state index is 0.485. The molecule has 0 amide bonds. The molecule has 1 atom stereocenters. The molecule has 1 aromatic carbocycles. The molecular weight excluding hydrogens is 242 g/mol. The Bertz CT molecular complexity index is 377. The van der Waals surface area contributed by atoms with Crippen molar-refractivity contribution in [3.63, 3.8) is 0 Å².